The Bertz CT molecular complexity index is 625. The van der Waals surface area contributed by atoms with Crippen LogP contribution in [0, 0.1) is 6.92 Å². The molecule has 2 aromatic carbocycles. The summed E-state index contributed by atoms with van der Waals surface area (Å²) in [6.45, 7) is 8.74. The molecule has 0 saturated carbocycles. The molecule has 110 valence electrons. The monoisotopic (exact) mass is 282 g/mol. The normalized spacial score (nSPS) is 10.7. The smallest absolute Gasteiger partial charge is 0.196 e. The summed E-state index contributed by atoms with van der Waals surface area (Å²) in [6.07, 6.45) is 0. The molecular formula is C19H22O2. The van der Waals surface area contributed by atoms with Crippen molar-refractivity contribution in [1.29, 1.82) is 0 Å². The summed E-state index contributed by atoms with van der Waals surface area (Å²) in [5.74, 6) is 1.13. The molecule has 0 amide bonds. The summed E-state index contributed by atoms with van der Waals surface area (Å²) in [6, 6.07) is 13.6. The summed E-state index contributed by atoms with van der Waals surface area (Å²) in [5, 5.41) is 0. The Hall–Kier alpha value is -2.09. The lowest BCUT2D eigenvalue weighted by atomic mass is 9.97. The third-order valence-electron chi connectivity index (χ3n) is 3.52. The van der Waals surface area contributed by atoms with Gasteiger partial charge in [0.05, 0.1) is 12.2 Å². The zero-order valence-electron chi connectivity index (χ0n) is 13.1. The van der Waals surface area contributed by atoms with Crippen LogP contribution in [0.15, 0.2) is 42.5 Å². The molecule has 0 aromatic heterocycles. The lowest BCUT2D eigenvalue weighted by molar-refractivity contribution is 0.103. The first-order valence-electron chi connectivity index (χ1n) is 7.41. The number of carbonyl (C=O) groups is 1. The zero-order chi connectivity index (χ0) is 15.4. The molecule has 21 heavy (non-hydrogen) atoms. The minimum absolute atomic E-state index is 0.0115. The van der Waals surface area contributed by atoms with Gasteiger partial charge in [-0.15, -0.1) is 0 Å². The van der Waals surface area contributed by atoms with Crippen LogP contribution in [0.3, 0.4) is 0 Å². The molecule has 0 aliphatic rings. The first-order chi connectivity index (χ1) is 10.0. The highest BCUT2D eigenvalue weighted by molar-refractivity contribution is 6.10. The SMILES string of the molecule is CCOc1ccc(C)cc1C(=O)c1ccc(C(C)C)cc1. The molecule has 2 nitrogen and oxygen atoms in total. The molecule has 0 saturated heterocycles. The van der Waals surface area contributed by atoms with Crippen LogP contribution in [-0.4, -0.2) is 12.4 Å². The summed E-state index contributed by atoms with van der Waals surface area (Å²) in [4.78, 5) is 12.7. The van der Waals surface area contributed by atoms with Gasteiger partial charge < -0.3 is 4.74 Å². The van der Waals surface area contributed by atoms with Gasteiger partial charge in [-0.1, -0.05) is 49.7 Å². The minimum Gasteiger partial charge on any atom is -0.493 e. The second-order valence-electron chi connectivity index (χ2n) is 5.54. The lowest BCUT2D eigenvalue weighted by Gasteiger charge is -2.11. The van der Waals surface area contributed by atoms with E-state index in [2.05, 4.69) is 13.8 Å². The average Bonchev–Trinajstić information content (AvgIpc) is 2.48. The Morgan fingerprint density at radius 3 is 2.33 bits per heavy atom. The van der Waals surface area contributed by atoms with Crippen LogP contribution in [0.2, 0.25) is 0 Å². The van der Waals surface area contributed by atoms with Crippen molar-refractivity contribution in [2.45, 2.75) is 33.6 Å². The van der Waals surface area contributed by atoms with Gasteiger partial charge in [-0.25, -0.2) is 0 Å². The van der Waals surface area contributed by atoms with Gasteiger partial charge in [0.25, 0.3) is 0 Å². The largest absolute Gasteiger partial charge is 0.493 e. The summed E-state index contributed by atoms with van der Waals surface area (Å²) in [7, 11) is 0. The third kappa shape index (κ3) is 3.52. The fourth-order valence-corrected chi connectivity index (χ4v) is 2.28. The van der Waals surface area contributed by atoms with Gasteiger partial charge in [0.15, 0.2) is 5.78 Å². The standard InChI is InChI=1S/C19H22O2/c1-5-21-18-11-6-14(4)12-17(18)19(20)16-9-7-15(8-10-16)13(2)3/h6-13H,5H2,1-4H3. The Morgan fingerprint density at radius 2 is 1.76 bits per heavy atom. The second kappa shape index (κ2) is 6.57. The van der Waals surface area contributed by atoms with Crippen molar-refractivity contribution in [2.24, 2.45) is 0 Å². The minimum atomic E-state index is 0.0115. The van der Waals surface area contributed by atoms with Crippen LogP contribution in [0.1, 0.15) is 53.7 Å². The molecule has 0 unspecified atom stereocenters. The van der Waals surface area contributed by atoms with Crippen molar-refractivity contribution in [3.05, 3.63) is 64.7 Å². The van der Waals surface area contributed by atoms with Crippen LogP contribution < -0.4 is 4.74 Å². The van der Waals surface area contributed by atoms with Crippen LogP contribution in [0.5, 0.6) is 5.75 Å². The highest BCUT2D eigenvalue weighted by Gasteiger charge is 2.15. The van der Waals surface area contributed by atoms with Crippen LogP contribution in [0.4, 0.5) is 0 Å². The molecule has 2 rings (SSSR count). The second-order valence-corrected chi connectivity index (χ2v) is 5.54. The molecule has 0 spiro atoms. The predicted octanol–water partition coefficient (Wildman–Crippen LogP) is 4.75. The van der Waals surface area contributed by atoms with Crippen LogP contribution in [-0.2, 0) is 0 Å². The molecule has 0 radical (unpaired) electrons. The maximum absolute atomic E-state index is 12.7. The van der Waals surface area contributed by atoms with Crippen molar-refractivity contribution in [1.82, 2.24) is 0 Å². The van der Waals surface area contributed by atoms with E-state index in [9.17, 15) is 4.79 Å². The van der Waals surface area contributed by atoms with E-state index in [0.29, 0.717) is 29.4 Å². The van der Waals surface area contributed by atoms with E-state index in [1.807, 2.05) is 56.3 Å². The van der Waals surface area contributed by atoms with Gasteiger partial charge in [0.2, 0.25) is 0 Å². The molecule has 0 bridgehead atoms. The maximum Gasteiger partial charge on any atom is 0.196 e. The number of ketones is 1. The van der Waals surface area contributed by atoms with Gasteiger partial charge in [0, 0.05) is 5.56 Å². The number of hydrogen-bond acceptors (Lipinski definition) is 2. The van der Waals surface area contributed by atoms with Gasteiger partial charge in [0.1, 0.15) is 5.75 Å². The van der Waals surface area contributed by atoms with Gasteiger partial charge in [-0.05, 0) is 37.5 Å². The predicted molar refractivity (Wildman–Crippen MR) is 86.3 cm³/mol. The van der Waals surface area contributed by atoms with Crippen molar-refractivity contribution >= 4 is 5.78 Å². The number of aryl methyl sites for hydroxylation is 1. The molecular weight excluding hydrogens is 260 g/mol. The van der Waals surface area contributed by atoms with Gasteiger partial charge >= 0.3 is 0 Å². The fourth-order valence-electron chi connectivity index (χ4n) is 2.28. The Kier molecular flexibility index (Phi) is 4.79. The number of hydrogen-bond donors (Lipinski definition) is 0. The zero-order valence-corrected chi connectivity index (χ0v) is 13.1. The van der Waals surface area contributed by atoms with E-state index in [1.165, 1.54) is 5.56 Å². The number of carbonyl (C=O) groups excluding carboxylic acids is 1. The number of rotatable bonds is 5. The van der Waals surface area contributed by atoms with E-state index in [0.717, 1.165) is 5.56 Å². The van der Waals surface area contributed by atoms with Crippen LogP contribution in [0.25, 0.3) is 0 Å². The highest BCUT2D eigenvalue weighted by Crippen LogP contribution is 2.24. The van der Waals surface area contributed by atoms with E-state index < -0.39 is 0 Å². The third-order valence-corrected chi connectivity index (χ3v) is 3.52. The Labute approximate surface area is 126 Å². The molecule has 0 aliphatic heterocycles. The summed E-state index contributed by atoms with van der Waals surface area (Å²) in [5.41, 5.74) is 3.63. The average molecular weight is 282 g/mol. The fraction of sp³-hybridized carbons (Fsp3) is 0.316. The molecule has 0 N–H and O–H groups in total. The van der Waals surface area contributed by atoms with Gasteiger partial charge in [-0.3, -0.25) is 4.79 Å². The van der Waals surface area contributed by atoms with E-state index in [1.54, 1.807) is 0 Å². The molecule has 0 fully saturated rings. The quantitative estimate of drug-likeness (QED) is 0.740. The van der Waals surface area contributed by atoms with E-state index in [-0.39, 0.29) is 5.78 Å². The first kappa shape index (κ1) is 15.3. The van der Waals surface area contributed by atoms with Crippen LogP contribution >= 0.6 is 0 Å². The number of benzene rings is 2. The lowest BCUT2D eigenvalue weighted by Crippen LogP contribution is -2.06. The number of ether oxygens (including phenoxy) is 1. The summed E-state index contributed by atoms with van der Waals surface area (Å²) >= 11 is 0. The van der Waals surface area contributed by atoms with Crippen molar-refractivity contribution < 1.29 is 9.53 Å². The van der Waals surface area contributed by atoms with Gasteiger partial charge in [-0.2, -0.15) is 0 Å². The van der Waals surface area contributed by atoms with Crippen molar-refractivity contribution in [3.63, 3.8) is 0 Å². The highest BCUT2D eigenvalue weighted by atomic mass is 16.5. The molecule has 2 aromatic rings. The van der Waals surface area contributed by atoms with Crippen molar-refractivity contribution in [3.8, 4) is 5.75 Å². The Balaban J connectivity index is 2.37. The first-order valence-corrected chi connectivity index (χ1v) is 7.41. The van der Waals surface area contributed by atoms with E-state index in [4.69, 9.17) is 4.74 Å². The molecule has 0 atom stereocenters. The van der Waals surface area contributed by atoms with Crippen molar-refractivity contribution in [2.75, 3.05) is 6.61 Å². The molecule has 0 aliphatic carbocycles. The topological polar surface area (TPSA) is 26.3 Å². The Morgan fingerprint density at radius 1 is 1.10 bits per heavy atom. The molecule has 2 heteroatoms. The maximum atomic E-state index is 12.7. The summed E-state index contributed by atoms with van der Waals surface area (Å²) < 4.78 is 5.58. The van der Waals surface area contributed by atoms with E-state index >= 15 is 0 Å². The molecule has 0 heterocycles.